The summed E-state index contributed by atoms with van der Waals surface area (Å²) < 4.78 is 0. The number of nitrogens with zero attached hydrogens (tertiary/aromatic N) is 1. The molecule has 0 amide bonds. The maximum atomic E-state index is 4.80. The van der Waals surface area contributed by atoms with Gasteiger partial charge in [-0.05, 0) is 32.7 Å². The third kappa shape index (κ3) is 2.08. The summed E-state index contributed by atoms with van der Waals surface area (Å²) in [6.07, 6.45) is 4.92. The Bertz CT molecular complexity index is 332. The van der Waals surface area contributed by atoms with Gasteiger partial charge in [0, 0.05) is 16.8 Å². The number of nitrogens with one attached hydrogen (secondary N) is 1. The van der Waals surface area contributed by atoms with E-state index in [2.05, 4.69) is 26.2 Å². The fourth-order valence-electron chi connectivity index (χ4n) is 2.10. The lowest BCUT2D eigenvalue weighted by atomic mass is 9.98. The summed E-state index contributed by atoms with van der Waals surface area (Å²) in [4.78, 5) is 6.30. The summed E-state index contributed by atoms with van der Waals surface area (Å²) in [6.45, 7) is 4.51. The van der Waals surface area contributed by atoms with Crippen LogP contribution in [0.3, 0.4) is 0 Å². The topological polar surface area (TPSA) is 24.9 Å². The van der Waals surface area contributed by atoms with Crippen molar-refractivity contribution in [3.05, 3.63) is 15.6 Å². The van der Waals surface area contributed by atoms with E-state index in [0.29, 0.717) is 12.0 Å². The minimum absolute atomic E-state index is 0.559. The van der Waals surface area contributed by atoms with Gasteiger partial charge in [-0.1, -0.05) is 13.8 Å². The molecule has 1 N–H and O–H groups in total. The molecule has 0 bridgehead atoms. The highest BCUT2D eigenvalue weighted by Gasteiger charge is 2.24. The molecule has 0 fully saturated rings. The van der Waals surface area contributed by atoms with E-state index in [1.807, 2.05) is 11.3 Å². The molecule has 84 valence electrons. The van der Waals surface area contributed by atoms with E-state index in [9.17, 15) is 0 Å². The number of aromatic nitrogens is 1. The molecule has 0 saturated carbocycles. The Morgan fingerprint density at radius 2 is 2.40 bits per heavy atom. The summed E-state index contributed by atoms with van der Waals surface area (Å²) >= 11 is 1.93. The van der Waals surface area contributed by atoms with Crippen molar-refractivity contribution in [1.29, 1.82) is 0 Å². The first kappa shape index (κ1) is 11.1. The van der Waals surface area contributed by atoms with Gasteiger partial charge in [0.2, 0.25) is 0 Å². The first-order valence-corrected chi connectivity index (χ1v) is 6.74. The van der Waals surface area contributed by atoms with Gasteiger partial charge in [-0.15, -0.1) is 11.3 Å². The van der Waals surface area contributed by atoms with Gasteiger partial charge >= 0.3 is 0 Å². The third-order valence-electron chi connectivity index (χ3n) is 3.35. The zero-order valence-electron chi connectivity index (χ0n) is 9.84. The second-order valence-electron chi connectivity index (χ2n) is 4.41. The van der Waals surface area contributed by atoms with E-state index in [0.717, 1.165) is 0 Å². The zero-order valence-corrected chi connectivity index (χ0v) is 10.7. The molecule has 0 spiro atoms. The maximum absolute atomic E-state index is 4.80. The van der Waals surface area contributed by atoms with Crippen molar-refractivity contribution in [3.63, 3.8) is 0 Å². The van der Waals surface area contributed by atoms with Crippen LogP contribution in [0.4, 0.5) is 0 Å². The number of hydrogen-bond acceptors (Lipinski definition) is 3. The van der Waals surface area contributed by atoms with Gasteiger partial charge < -0.3 is 5.32 Å². The average molecular weight is 224 g/mol. The minimum atomic E-state index is 0.559. The number of aryl methyl sites for hydroxylation is 1. The van der Waals surface area contributed by atoms with Crippen molar-refractivity contribution in [2.75, 3.05) is 7.05 Å². The molecule has 2 nitrogen and oxygen atoms in total. The highest BCUT2D eigenvalue weighted by Crippen LogP contribution is 2.36. The van der Waals surface area contributed by atoms with E-state index in [1.54, 1.807) is 0 Å². The smallest absolute Gasteiger partial charge is 0.0959 e. The normalized spacial score (nSPS) is 22.5. The molecule has 1 aromatic heterocycles. The van der Waals surface area contributed by atoms with Gasteiger partial charge in [-0.3, -0.25) is 0 Å². The number of fused-ring (bicyclic) bond motifs is 1. The second-order valence-corrected chi connectivity index (χ2v) is 5.47. The molecule has 1 heterocycles. The van der Waals surface area contributed by atoms with Crippen molar-refractivity contribution in [2.24, 2.45) is 0 Å². The summed E-state index contributed by atoms with van der Waals surface area (Å²) in [5, 5.41) is 4.74. The van der Waals surface area contributed by atoms with Gasteiger partial charge in [0.15, 0.2) is 0 Å². The molecule has 2 rings (SSSR count). The summed E-state index contributed by atoms with van der Waals surface area (Å²) in [5.74, 6) is 0.623. The van der Waals surface area contributed by atoms with Gasteiger partial charge in [0.25, 0.3) is 0 Å². The first-order chi connectivity index (χ1) is 7.26. The molecule has 0 radical (unpaired) electrons. The maximum Gasteiger partial charge on any atom is 0.0959 e. The van der Waals surface area contributed by atoms with Crippen molar-refractivity contribution in [1.82, 2.24) is 10.3 Å². The molecular formula is C12H20N2S. The second kappa shape index (κ2) is 4.62. The van der Waals surface area contributed by atoms with Crippen LogP contribution in [0.2, 0.25) is 0 Å². The summed E-state index contributed by atoms with van der Waals surface area (Å²) in [6, 6.07) is 0.559. The standard InChI is InChI=1S/C12H20N2S/c1-4-8(2)12-14-10-7-5-6-9(13-3)11(10)15-12/h8-9,13H,4-7H2,1-3H3. The largest absolute Gasteiger partial charge is 0.312 e. The predicted molar refractivity (Wildman–Crippen MR) is 65.6 cm³/mol. The van der Waals surface area contributed by atoms with Crippen molar-refractivity contribution >= 4 is 11.3 Å². The molecule has 0 saturated heterocycles. The molecule has 15 heavy (non-hydrogen) atoms. The molecule has 1 aromatic rings. The highest BCUT2D eigenvalue weighted by molar-refractivity contribution is 7.12. The molecule has 3 heteroatoms. The lowest BCUT2D eigenvalue weighted by molar-refractivity contribution is 0.500. The van der Waals surface area contributed by atoms with Crippen LogP contribution in [0, 0.1) is 0 Å². The van der Waals surface area contributed by atoms with Crippen LogP contribution in [-0.2, 0) is 6.42 Å². The zero-order chi connectivity index (χ0) is 10.8. The van der Waals surface area contributed by atoms with Crippen molar-refractivity contribution in [3.8, 4) is 0 Å². The van der Waals surface area contributed by atoms with Crippen LogP contribution in [0.25, 0.3) is 0 Å². The Morgan fingerprint density at radius 3 is 3.07 bits per heavy atom. The van der Waals surface area contributed by atoms with E-state index in [4.69, 9.17) is 4.98 Å². The van der Waals surface area contributed by atoms with Gasteiger partial charge in [-0.25, -0.2) is 4.98 Å². The fourth-order valence-corrected chi connectivity index (χ4v) is 3.49. The molecule has 2 atom stereocenters. The lowest BCUT2D eigenvalue weighted by Gasteiger charge is -2.20. The van der Waals surface area contributed by atoms with Crippen LogP contribution in [0.5, 0.6) is 0 Å². The third-order valence-corrected chi connectivity index (χ3v) is 4.79. The van der Waals surface area contributed by atoms with Crippen molar-refractivity contribution in [2.45, 2.75) is 51.5 Å². The quantitative estimate of drug-likeness (QED) is 0.852. The minimum Gasteiger partial charge on any atom is -0.312 e. The molecule has 1 aliphatic rings. The van der Waals surface area contributed by atoms with E-state index >= 15 is 0 Å². The highest BCUT2D eigenvalue weighted by atomic mass is 32.1. The molecule has 0 aliphatic heterocycles. The molecule has 2 unspecified atom stereocenters. The van der Waals surface area contributed by atoms with E-state index in [-0.39, 0.29) is 0 Å². The van der Waals surface area contributed by atoms with Crippen LogP contribution in [0.15, 0.2) is 0 Å². The lowest BCUT2D eigenvalue weighted by Crippen LogP contribution is -2.19. The SMILES string of the molecule is CCC(C)c1nc2c(s1)C(NC)CCC2. The monoisotopic (exact) mass is 224 g/mol. The van der Waals surface area contributed by atoms with Crippen molar-refractivity contribution < 1.29 is 0 Å². The Balaban J connectivity index is 2.29. The predicted octanol–water partition coefficient (Wildman–Crippen LogP) is 3.25. The summed E-state index contributed by atoms with van der Waals surface area (Å²) in [7, 11) is 2.06. The molecular weight excluding hydrogens is 204 g/mol. The first-order valence-electron chi connectivity index (χ1n) is 5.93. The van der Waals surface area contributed by atoms with E-state index in [1.165, 1.54) is 41.3 Å². The number of hydrogen-bond donors (Lipinski definition) is 1. The van der Waals surface area contributed by atoms with Crippen LogP contribution >= 0.6 is 11.3 Å². The van der Waals surface area contributed by atoms with E-state index < -0.39 is 0 Å². The Hall–Kier alpha value is -0.410. The van der Waals surface area contributed by atoms with Crippen LogP contribution in [-0.4, -0.2) is 12.0 Å². The number of thiazole rings is 1. The Labute approximate surface area is 96.1 Å². The number of rotatable bonds is 3. The molecule has 1 aliphatic carbocycles. The average Bonchev–Trinajstić information content (AvgIpc) is 2.71. The van der Waals surface area contributed by atoms with Crippen LogP contribution < -0.4 is 5.32 Å². The van der Waals surface area contributed by atoms with Gasteiger partial charge in [0.05, 0.1) is 10.7 Å². The van der Waals surface area contributed by atoms with Gasteiger partial charge in [-0.2, -0.15) is 0 Å². The fraction of sp³-hybridized carbons (Fsp3) is 0.750. The molecule has 0 aromatic carbocycles. The summed E-state index contributed by atoms with van der Waals surface area (Å²) in [5.41, 5.74) is 1.36. The van der Waals surface area contributed by atoms with Gasteiger partial charge in [0.1, 0.15) is 0 Å². The Kier molecular flexibility index (Phi) is 3.42. The van der Waals surface area contributed by atoms with Crippen LogP contribution in [0.1, 0.15) is 60.6 Å². The Morgan fingerprint density at radius 1 is 1.60 bits per heavy atom.